The van der Waals surface area contributed by atoms with Gasteiger partial charge in [0.1, 0.15) is 5.60 Å². The molecule has 25 heavy (non-hydrogen) atoms. The van der Waals surface area contributed by atoms with E-state index in [0.717, 1.165) is 52.5 Å². The maximum Gasteiger partial charge on any atom is 0.117 e. The number of nitrogens with zero attached hydrogens (tertiary/aromatic N) is 3. The molecule has 0 bridgehead atoms. The summed E-state index contributed by atoms with van der Waals surface area (Å²) in [7, 11) is 0. The van der Waals surface area contributed by atoms with Gasteiger partial charge in [-0.3, -0.25) is 14.8 Å². The average Bonchev–Trinajstić information content (AvgIpc) is 3.05. The molecule has 6 nitrogen and oxygen atoms in total. The number of hydrogen-bond acceptors (Lipinski definition) is 6. The molecule has 6 heteroatoms. The van der Waals surface area contributed by atoms with E-state index >= 15 is 0 Å². The van der Waals surface area contributed by atoms with Crippen LogP contribution in [0.15, 0.2) is 47.5 Å². The van der Waals surface area contributed by atoms with E-state index in [1.165, 1.54) is 11.1 Å². The summed E-state index contributed by atoms with van der Waals surface area (Å²) in [6.45, 7) is 7.57. The van der Waals surface area contributed by atoms with Gasteiger partial charge in [0.05, 0.1) is 32.3 Å². The number of morpholine rings is 1. The van der Waals surface area contributed by atoms with Crippen molar-refractivity contribution >= 4 is 0 Å². The van der Waals surface area contributed by atoms with Gasteiger partial charge in [-0.05, 0) is 23.8 Å². The zero-order valence-corrected chi connectivity index (χ0v) is 14.5. The zero-order chi connectivity index (χ0) is 17.0. The van der Waals surface area contributed by atoms with Gasteiger partial charge in [-0.25, -0.2) is 0 Å². The molecule has 1 spiro atoms. The summed E-state index contributed by atoms with van der Waals surface area (Å²) in [5.74, 6) is 0. The van der Waals surface area contributed by atoms with Crippen LogP contribution in [0.5, 0.6) is 0 Å². The molecule has 0 unspecified atom stereocenters. The largest absolute Gasteiger partial charge is 0.472 e. The Kier molecular flexibility index (Phi) is 5.12. The maximum absolute atomic E-state index is 6.26. The lowest BCUT2D eigenvalue weighted by molar-refractivity contribution is -0.143. The Balaban J connectivity index is 1.43. The smallest absolute Gasteiger partial charge is 0.117 e. The molecule has 2 aromatic heterocycles. The lowest BCUT2D eigenvalue weighted by Gasteiger charge is -2.43. The minimum atomic E-state index is -0.258. The van der Waals surface area contributed by atoms with Gasteiger partial charge in [-0.1, -0.05) is 0 Å². The van der Waals surface area contributed by atoms with Crippen molar-refractivity contribution in [3.8, 4) is 0 Å². The summed E-state index contributed by atoms with van der Waals surface area (Å²) in [6, 6.07) is 6.18. The SMILES string of the molecule is c1cc(CN2CCOC[C@]3(C2)CN(Cc2ccoc2)CCO3)ccn1. The molecule has 4 heterocycles. The number of aromatic nitrogens is 1. The highest BCUT2D eigenvalue weighted by atomic mass is 16.5. The van der Waals surface area contributed by atoms with Gasteiger partial charge < -0.3 is 13.9 Å². The van der Waals surface area contributed by atoms with Gasteiger partial charge in [0.15, 0.2) is 0 Å². The van der Waals surface area contributed by atoms with Crippen molar-refractivity contribution in [2.24, 2.45) is 0 Å². The molecule has 134 valence electrons. The minimum absolute atomic E-state index is 0.258. The van der Waals surface area contributed by atoms with Crippen LogP contribution in [0, 0.1) is 0 Å². The van der Waals surface area contributed by atoms with E-state index in [1.54, 1.807) is 6.26 Å². The fraction of sp³-hybridized carbons (Fsp3) is 0.526. The topological polar surface area (TPSA) is 51.0 Å². The van der Waals surface area contributed by atoms with Crippen molar-refractivity contribution in [2.75, 3.05) is 46.0 Å². The first-order valence-corrected chi connectivity index (χ1v) is 8.88. The van der Waals surface area contributed by atoms with E-state index in [4.69, 9.17) is 13.9 Å². The number of pyridine rings is 1. The second-order valence-corrected chi connectivity index (χ2v) is 6.99. The van der Waals surface area contributed by atoms with Crippen molar-refractivity contribution in [1.29, 1.82) is 0 Å². The molecule has 1 atom stereocenters. The molecule has 2 aliphatic rings. The highest BCUT2D eigenvalue weighted by Gasteiger charge is 2.40. The van der Waals surface area contributed by atoms with Crippen LogP contribution in [-0.2, 0) is 22.6 Å². The van der Waals surface area contributed by atoms with Gasteiger partial charge in [-0.15, -0.1) is 0 Å². The lowest BCUT2D eigenvalue weighted by Crippen LogP contribution is -2.58. The minimum Gasteiger partial charge on any atom is -0.472 e. The molecule has 0 aromatic carbocycles. The first-order chi connectivity index (χ1) is 12.3. The van der Waals surface area contributed by atoms with Gasteiger partial charge in [0, 0.05) is 57.2 Å². The number of ether oxygens (including phenoxy) is 2. The van der Waals surface area contributed by atoms with Gasteiger partial charge in [-0.2, -0.15) is 0 Å². The molecular formula is C19H25N3O3. The second-order valence-electron chi connectivity index (χ2n) is 6.99. The zero-order valence-electron chi connectivity index (χ0n) is 14.5. The molecule has 0 radical (unpaired) electrons. The summed E-state index contributed by atoms with van der Waals surface area (Å²) in [6.07, 6.45) is 7.25. The Morgan fingerprint density at radius 2 is 1.72 bits per heavy atom. The average molecular weight is 343 g/mol. The first kappa shape index (κ1) is 16.7. The van der Waals surface area contributed by atoms with E-state index in [9.17, 15) is 0 Å². The molecule has 0 saturated carbocycles. The van der Waals surface area contributed by atoms with Gasteiger partial charge in [0.25, 0.3) is 0 Å². The number of furan rings is 1. The van der Waals surface area contributed by atoms with E-state index < -0.39 is 0 Å². The molecule has 0 aliphatic carbocycles. The summed E-state index contributed by atoms with van der Waals surface area (Å²) < 4.78 is 17.4. The lowest BCUT2D eigenvalue weighted by atomic mass is 10.0. The normalized spacial score (nSPS) is 25.9. The van der Waals surface area contributed by atoms with Crippen LogP contribution in [0.3, 0.4) is 0 Å². The predicted molar refractivity (Wildman–Crippen MR) is 93.0 cm³/mol. The summed E-state index contributed by atoms with van der Waals surface area (Å²) >= 11 is 0. The van der Waals surface area contributed by atoms with Crippen LogP contribution in [0.1, 0.15) is 11.1 Å². The van der Waals surface area contributed by atoms with E-state index in [-0.39, 0.29) is 5.60 Å². The highest BCUT2D eigenvalue weighted by Crippen LogP contribution is 2.24. The fourth-order valence-corrected chi connectivity index (χ4v) is 3.75. The van der Waals surface area contributed by atoms with E-state index in [0.29, 0.717) is 6.61 Å². The van der Waals surface area contributed by atoms with E-state index in [2.05, 4.69) is 26.9 Å². The van der Waals surface area contributed by atoms with Crippen molar-refractivity contribution in [3.63, 3.8) is 0 Å². The Bertz CT molecular complexity index is 649. The van der Waals surface area contributed by atoms with Crippen molar-refractivity contribution in [3.05, 3.63) is 54.2 Å². The summed E-state index contributed by atoms with van der Waals surface area (Å²) in [5.41, 5.74) is 2.23. The molecule has 2 aliphatic heterocycles. The molecule has 4 rings (SSSR count). The van der Waals surface area contributed by atoms with Gasteiger partial charge >= 0.3 is 0 Å². The highest BCUT2D eigenvalue weighted by molar-refractivity contribution is 5.10. The second kappa shape index (κ2) is 7.66. The van der Waals surface area contributed by atoms with Crippen molar-refractivity contribution in [1.82, 2.24) is 14.8 Å². The molecule has 0 N–H and O–H groups in total. The Morgan fingerprint density at radius 3 is 2.48 bits per heavy atom. The van der Waals surface area contributed by atoms with Crippen LogP contribution in [-0.4, -0.2) is 66.4 Å². The molecular weight excluding hydrogens is 318 g/mol. The van der Waals surface area contributed by atoms with Crippen LogP contribution < -0.4 is 0 Å². The van der Waals surface area contributed by atoms with Crippen LogP contribution in [0.2, 0.25) is 0 Å². The third-order valence-corrected chi connectivity index (χ3v) is 4.90. The van der Waals surface area contributed by atoms with Crippen molar-refractivity contribution < 1.29 is 13.9 Å². The predicted octanol–water partition coefficient (Wildman–Crippen LogP) is 1.78. The Hall–Kier alpha value is -1.73. The molecule has 0 amide bonds. The summed E-state index contributed by atoms with van der Waals surface area (Å²) in [5, 5.41) is 0. The van der Waals surface area contributed by atoms with E-state index in [1.807, 2.05) is 24.7 Å². The standard InChI is InChI=1S/C19H25N3O3/c1-4-20-5-2-17(1)11-21-6-9-24-16-19(14-21)15-22(7-10-25-19)12-18-3-8-23-13-18/h1-5,8,13H,6-7,9-12,14-16H2/t19-/m0/s1. The number of hydrogen-bond donors (Lipinski definition) is 0. The summed E-state index contributed by atoms with van der Waals surface area (Å²) in [4.78, 5) is 8.98. The quantitative estimate of drug-likeness (QED) is 0.843. The van der Waals surface area contributed by atoms with Crippen LogP contribution >= 0.6 is 0 Å². The first-order valence-electron chi connectivity index (χ1n) is 8.88. The maximum atomic E-state index is 6.26. The fourth-order valence-electron chi connectivity index (χ4n) is 3.75. The third kappa shape index (κ3) is 4.27. The monoisotopic (exact) mass is 343 g/mol. The third-order valence-electron chi connectivity index (χ3n) is 4.90. The Morgan fingerprint density at radius 1 is 0.960 bits per heavy atom. The molecule has 2 aromatic rings. The van der Waals surface area contributed by atoms with Crippen molar-refractivity contribution in [2.45, 2.75) is 18.7 Å². The van der Waals surface area contributed by atoms with Crippen LogP contribution in [0.4, 0.5) is 0 Å². The van der Waals surface area contributed by atoms with Gasteiger partial charge in [0.2, 0.25) is 0 Å². The Labute approximate surface area is 148 Å². The van der Waals surface area contributed by atoms with Crippen LogP contribution in [0.25, 0.3) is 0 Å². The molecule has 2 fully saturated rings. The molecule has 2 saturated heterocycles. The number of rotatable bonds is 4.